The standard InChI is InChI=1S/C21H28N6O3/c1-15-6-4-5-7-16(15)14-25-8-10-26(11-9-25)20-22-18-17(27(20)12-13-30-3)19(28)23-21(29)24(18)2/h4-7H,8-14H2,1-3H3,(H,23,28,29). The van der Waals surface area contributed by atoms with Crippen LogP contribution in [0.25, 0.3) is 11.2 Å². The molecule has 9 nitrogen and oxygen atoms in total. The van der Waals surface area contributed by atoms with Crippen LogP contribution in [0.4, 0.5) is 5.95 Å². The van der Waals surface area contributed by atoms with Gasteiger partial charge in [0, 0.05) is 53.4 Å². The van der Waals surface area contributed by atoms with Crippen molar-refractivity contribution >= 4 is 17.1 Å². The third-order valence-electron chi connectivity index (χ3n) is 5.82. The summed E-state index contributed by atoms with van der Waals surface area (Å²) in [6, 6.07) is 8.47. The second-order valence-electron chi connectivity index (χ2n) is 7.74. The Labute approximate surface area is 174 Å². The third kappa shape index (κ3) is 3.78. The number of anilines is 1. The van der Waals surface area contributed by atoms with Gasteiger partial charge in [-0.05, 0) is 18.1 Å². The maximum absolute atomic E-state index is 12.5. The fourth-order valence-corrected chi connectivity index (χ4v) is 3.99. The van der Waals surface area contributed by atoms with Gasteiger partial charge >= 0.3 is 5.69 Å². The lowest BCUT2D eigenvalue weighted by molar-refractivity contribution is 0.188. The van der Waals surface area contributed by atoms with Crippen LogP contribution in [0.5, 0.6) is 0 Å². The largest absolute Gasteiger partial charge is 0.383 e. The van der Waals surface area contributed by atoms with Gasteiger partial charge < -0.3 is 14.2 Å². The Bertz CT molecular complexity index is 1150. The van der Waals surface area contributed by atoms with Gasteiger partial charge in [0.2, 0.25) is 5.95 Å². The van der Waals surface area contributed by atoms with E-state index in [1.165, 1.54) is 15.7 Å². The Morgan fingerprint density at radius 3 is 2.57 bits per heavy atom. The summed E-state index contributed by atoms with van der Waals surface area (Å²) in [5, 5.41) is 0. The highest BCUT2D eigenvalue weighted by molar-refractivity contribution is 5.74. The van der Waals surface area contributed by atoms with E-state index in [9.17, 15) is 9.59 Å². The molecule has 3 aromatic rings. The summed E-state index contributed by atoms with van der Waals surface area (Å²) in [6.45, 7) is 7.41. The predicted octanol–water partition coefficient (Wildman–Crippen LogP) is 0.700. The fraction of sp³-hybridized carbons (Fsp3) is 0.476. The number of fused-ring (bicyclic) bond motifs is 1. The first kappa shape index (κ1) is 20.4. The van der Waals surface area contributed by atoms with Crippen molar-refractivity contribution in [1.29, 1.82) is 0 Å². The van der Waals surface area contributed by atoms with Crippen molar-refractivity contribution < 1.29 is 4.74 Å². The molecule has 3 heterocycles. The summed E-state index contributed by atoms with van der Waals surface area (Å²) < 4.78 is 8.49. The number of piperazine rings is 1. The first-order valence-electron chi connectivity index (χ1n) is 10.2. The molecule has 1 saturated heterocycles. The summed E-state index contributed by atoms with van der Waals surface area (Å²) in [5.41, 5.74) is 2.59. The minimum absolute atomic E-state index is 0.400. The van der Waals surface area contributed by atoms with E-state index in [0.717, 1.165) is 32.7 Å². The highest BCUT2D eigenvalue weighted by Gasteiger charge is 2.25. The molecule has 9 heteroatoms. The van der Waals surface area contributed by atoms with Crippen LogP contribution in [0.2, 0.25) is 0 Å². The average molecular weight is 412 g/mol. The van der Waals surface area contributed by atoms with Crippen molar-refractivity contribution in [2.75, 3.05) is 44.8 Å². The summed E-state index contributed by atoms with van der Waals surface area (Å²) in [7, 11) is 3.25. The van der Waals surface area contributed by atoms with E-state index in [1.807, 2.05) is 4.57 Å². The van der Waals surface area contributed by atoms with Gasteiger partial charge in [0.25, 0.3) is 5.56 Å². The highest BCUT2D eigenvalue weighted by Crippen LogP contribution is 2.21. The second-order valence-corrected chi connectivity index (χ2v) is 7.74. The summed E-state index contributed by atoms with van der Waals surface area (Å²) in [6.07, 6.45) is 0. The van der Waals surface area contributed by atoms with Crippen molar-refractivity contribution in [3.63, 3.8) is 0 Å². The summed E-state index contributed by atoms with van der Waals surface area (Å²) in [4.78, 5) is 36.2. The van der Waals surface area contributed by atoms with Gasteiger partial charge in [0.1, 0.15) is 0 Å². The van der Waals surface area contributed by atoms with Crippen LogP contribution >= 0.6 is 0 Å². The van der Waals surface area contributed by atoms with Crippen molar-refractivity contribution in [3.05, 3.63) is 56.2 Å². The average Bonchev–Trinajstić information content (AvgIpc) is 3.13. The minimum atomic E-state index is -0.460. The van der Waals surface area contributed by atoms with E-state index >= 15 is 0 Å². The van der Waals surface area contributed by atoms with Crippen LogP contribution < -0.4 is 16.1 Å². The second kappa shape index (κ2) is 8.45. The van der Waals surface area contributed by atoms with E-state index in [-0.39, 0.29) is 0 Å². The number of benzene rings is 1. The van der Waals surface area contributed by atoms with Crippen molar-refractivity contribution in [1.82, 2.24) is 24.0 Å². The lowest BCUT2D eigenvalue weighted by Gasteiger charge is -2.35. The molecule has 0 amide bonds. The Balaban J connectivity index is 1.60. The van der Waals surface area contributed by atoms with Crippen molar-refractivity contribution in [3.8, 4) is 0 Å². The zero-order chi connectivity index (χ0) is 21.3. The maximum Gasteiger partial charge on any atom is 0.329 e. The Hall–Kier alpha value is -2.91. The molecule has 160 valence electrons. The van der Waals surface area contributed by atoms with Crippen LogP contribution in [-0.4, -0.2) is 63.9 Å². The molecule has 4 rings (SSSR count). The number of rotatable bonds is 6. The smallest absolute Gasteiger partial charge is 0.329 e. The molecular weight excluding hydrogens is 384 g/mol. The van der Waals surface area contributed by atoms with Crippen molar-refractivity contribution in [2.24, 2.45) is 7.05 Å². The molecule has 0 spiro atoms. The molecule has 0 radical (unpaired) electrons. The number of H-pyrrole nitrogens is 1. The van der Waals surface area contributed by atoms with E-state index in [0.29, 0.717) is 30.3 Å². The lowest BCUT2D eigenvalue weighted by atomic mass is 10.1. The van der Waals surface area contributed by atoms with Crippen LogP contribution in [0.3, 0.4) is 0 Å². The SMILES string of the molecule is COCCn1c(N2CCN(Cc3ccccc3C)CC2)nc2c1c(=O)[nH]c(=O)n2C. The molecule has 0 saturated carbocycles. The number of hydrogen-bond donors (Lipinski definition) is 1. The first-order chi connectivity index (χ1) is 14.5. The number of aromatic nitrogens is 4. The van der Waals surface area contributed by atoms with Crippen LogP contribution in [-0.2, 0) is 24.9 Å². The number of methoxy groups -OCH3 is 1. The van der Waals surface area contributed by atoms with Gasteiger partial charge in [-0.3, -0.25) is 19.2 Å². The molecule has 0 aliphatic carbocycles. The number of aryl methyl sites for hydroxylation is 2. The Morgan fingerprint density at radius 1 is 1.13 bits per heavy atom. The van der Waals surface area contributed by atoms with Gasteiger partial charge in [-0.1, -0.05) is 24.3 Å². The summed E-state index contributed by atoms with van der Waals surface area (Å²) in [5.74, 6) is 0.712. The van der Waals surface area contributed by atoms with Gasteiger partial charge in [0.15, 0.2) is 11.2 Å². The minimum Gasteiger partial charge on any atom is -0.383 e. The quantitative estimate of drug-likeness (QED) is 0.641. The van der Waals surface area contributed by atoms with Crippen molar-refractivity contribution in [2.45, 2.75) is 20.0 Å². The number of aromatic amines is 1. The lowest BCUT2D eigenvalue weighted by Crippen LogP contribution is -2.47. The molecule has 2 aromatic heterocycles. The van der Waals surface area contributed by atoms with Gasteiger partial charge in [0.05, 0.1) is 6.61 Å². The van der Waals surface area contributed by atoms with Crippen LogP contribution in [0.15, 0.2) is 33.9 Å². The topological polar surface area (TPSA) is 88.4 Å². The molecule has 1 aliphatic heterocycles. The number of nitrogens with one attached hydrogen (secondary N) is 1. The fourth-order valence-electron chi connectivity index (χ4n) is 3.99. The van der Waals surface area contributed by atoms with Crippen LogP contribution in [0.1, 0.15) is 11.1 Å². The molecule has 1 fully saturated rings. The highest BCUT2D eigenvalue weighted by atomic mass is 16.5. The molecule has 1 N–H and O–H groups in total. The van der Waals surface area contributed by atoms with E-state index in [1.54, 1.807) is 14.2 Å². The zero-order valence-electron chi connectivity index (χ0n) is 17.7. The summed E-state index contributed by atoms with van der Waals surface area (Å²) >= 11 is 0. The zero-order valence-corrected chi connectivity index (χ0v) is 17.7. The van der Waals surface area contributed by atoms with E-state index < -0.39 is 11.2 Å². The monoisotopic (exact) mass is 412 g/mol. The van der Waals surface area contributed by atoms with Crippen LogP contribution in [0, 0.1) is 6.92 Å². The van der Waals surface area contributed by atoms with E-state index in [2.05, 4.69) is 46.0 Å². The van der Waals surface area contributed by atoms with E-state index in [4.69, 9.17) is 9.72 Å². The Morgan fingerprint density at radius 2 is 1.87 bits per heavy atom. The van der Waals surface area contributed by atoms with Gasteiger partial charge in [-0.15, -0.1) is 0 Å². The molecular formula is C21H28N6O3. The maximum atomic E-state index is 12.5. The first-order valence-corrected chi connectivity index (χ1v) is 10.2. The molecule has 1 aromatic carbocycles. The number of nitrogens with zero attached hydrogens (tertiary/aromatic N) is 5. The van der Waals surface area contributed by atoms with Gasteiger partial charge in [-0.25, -0.2) is 4.79 Å². The normalized spacial score (nSPS) is 15.2. The molecule has 0 atom stereocenters. The molecule has 0 bridgehead atoms. The molecule has 30 heavy (non-hydrogen) atoms. The number of hydrogen-bond acceptors (Lipinski definition) is 6. The predicted molar refractivity (Wildman–Crippen MR) is 116 cm³/mol. The van der Waals surface area contributed by atoms with Gasteiger partial charge in [-0.2, -0.15) is 4.98 Å². The molecule has 1 aliphatic rings. The third-order valence-corrected chi connectivity index (χ3v) is 5.82. The Kier molecular flexibility index (Phi) is 5.74. The number of ether oxygens (including phenoxy) is 1. The molecule has 0 unspecified atom stereocenters. The number of imidazole rings is 1.